The van der Waals surface area contributed by atoms with Crippen LogP contribution in [0.1, 0.15) is 31.7 Å². The van der Waals surface area contributed by atoms with Crippen molar-refractivity contribution in [2.24, 2.45) is 5.73 Å². The van der Waals surface area contributed by atoms with Crippen LogP contribution in [0.2, 0.25) is 0 Å². The van der Waals surface area contributed by atoms with Gasteiger partial charge in [0.15, 0.2) is 0 Å². The van der Waals surface area contributed by atoms with Crippen LogP contribution in [-0.4, -0.2) is 29.1 Å². The summed E-state index contributed by atoms with van der Waals surface area (Å²) in [6, 6.07) is 8.49. The lowest BCUT2D eigenvalue weighted by Gasteiger charge is -2.19. The van der Waals surface area contributed by atoms with Gasteiger partial charge in [-0.15, -0.1) is 0 Å². The summed E-state index contributed by atoms with van der Waals surface area (Å²) in [7, 11) is 0. The Kier molecular flexibility index (Phi) is 6.73. The van der Waals surface area contributed by atoms with E-state index in [9.17, 15) is 9.59 Å². The predicted molar refractivity (Wildman–Crippen MR) is 77.2 cm³/mol. The Balaban J connectivity index is 2.52. The Hall–Kier alpha value is -1.88. The van der Waals surface area contributed by atoms with Gasteiger partial charge in [-0.05, 0) is 18.4 Å². The zero-order valence-corrected chi connectivity index (χ0v) is 11.7. The average molecular weight is 278 g/mol. The van der Waals surface area contributed by atoms with Gasteiger partial charge in [-0.2, -0.15) is 0 Å². The number of carboxylic acids is 1. The second kappa shape index (κ2) is 8.32. The molecular formula is C15H22N2O3. The number of carbonyl (C=O) groups excluding carboxylic acids is 1. The minimum absolute atomic E-state index is 0.0718. The zero-order valence-electron chi connectivity index (χ0n) is 11.7. The highest BCUT2D eigenvalue weighted by molar-refractivity contribution is 5.82. The van der Waals surface area contributed by atoms with E-state index in [1.54, 1.807) is 0 Å². The third-order valence-corrected chi connectivity index (χ3v) is 3.04. The van der Waals surface area contributed by atoms with Crippen LogP contribution in [0, 0.1) is 0 Å². The molecule has 1 aromatic rings. The third kappa shape index (κ3) is 5.84. The van der Waals surface area contributed by atoms with E-state index in [4.69, 9.17) is 10.8 Å². The summed E-state index contributed by atoms with van der Waals surface area (Å²) in [6.45, 7) is 1.95. The smallest absolute Gasteiger partial charge is 0.305 e. The number of carbonyl (C=O) groups is 2. The van der Waals surface area contributed by atoms with Crippen molar-refractivity contribution in [2.45, 2.75) is 44.7 Å². The largest absolute Gasteiger partial charge is 0.481 e. The van der Waals surface area contributed by atoms with Gasteiger partial charge in [0, 0.05) is 6.04 Å². The number of rotatable bonds is 8. The molecule has 0 aromatic heterocycles. The first-order valence-corrected chi connectivity index (χ1v) is 6.84. The molecule has 0 aliphatic carbocycles. The van der Waals surface area contributed by atoms with Crippen molar-refractivity contribution >= 4 is 11.9 Å². The van der Waals surface area contributed by atoms with Crippen LogP contribution in [-0.2, 0) is 16.0 Å². The highest BCUT2D eigenvalue weighted by Crippen LogP contribution is 2.05. The molecule has 0 aliphatic rings. The van der Waals surface area contributed by atoms with Gasteiger partial charge in [0.1, 0.15) is 0 Å². The van der Waals surface area contributed by atoms with Crippen LogP contribution < -0.4 is 11.1 Å². The average Bonchev–Trinajstić information content (AvgIpc) is 2.39. The second-order valence-electron chi connectivity index (χ2n) is 4.89. The normalized spacial score (nSPS) is 13.5. The second-order valence-corrected chi connectivity index (χ2v) is 4.89. The molecule has 5 nitrogen and oxygen atoms in total. The van der Waals surface area contributed by atoms with E-state index in [0.717, 1.165) is 12.0 Å². The highest BCUT2D eigenvalue weighted by atomic mass is 16.4. The first-order chi connectivity index (χ1) is 9.52. The molecule has 1 rings (SSSR count). The molecule has 110 valence electrons. The fourth-order valence-corrected chi connectivity index (χ4v) is 2.05. The Labute approximate surface area is 119 Å². The summed E-state index contributed by atoms with van der Waals surface area (Å²) >= 11 is 0. The molecule has 4 N–H and O–H groups in total. The SMILES string of the molecule is CCCC(CC(=O)O)NC(=O)[C@H](N)Cc1ccccc1. The van der Waals surface area contributed by atoms with Gasteiger partial charge in [0.25, 0.3) is 0 Å². The number of nitrogens with two attached hydrogens (primary N) is 1. The predicted octanol–water partition coefficient (Wildman–Crippen LogP) is 1.32. The number of carboxylic acid groups (broad SMARTS) is 1. The molecule has 2 atom stereocenters. The van der Waals surface area contributed by atoms with Crippen LogP contribution in [0.25, 0.3) is 0 Å². The Morgan fingerprint density at radius 3 is 2.50 bits per heavy atom. The van der Waals surface area contributed by atoms with Crippen molar-refractivity contribution in [3.63, 3.8) is 0 Å². The Morgan fingerprint density at radius 1 is 1.30 bits per heavy atom. The number of hydrogen-bond acceptors (Lipinski definition) is 3. The van der Waals surface area contributed by atoms with Crippen molar-refractivity contribution in [1.82, 2.24) is 5.32 Å². The fraction of sp³-hybridized carbons (Fsp3) is 0.467. The molecule has 20 heavy (non-hydrogen) atoms. The quantitative estimate of drug-likeness (QED) is 0.668. The number of nitrogens with one attached hydrogen (secondary N) is 1. The van der Waals surface area contributed by atoms with Crippen molar-refractivity contribution in [2.75, 3.05) is 0 Å². The topological polar surface area (TPSA) is 92.4 Å². The monoisotopic (exact) mass is 278 g/mol. The summed E-state index contributed by atoms with van der Waals surface area (Å²) in [6.07, 6.45) is 1.82. The standard InChI is InChI=1S/C15H22N2O3/c1-2-6-12(10-14(18)19)17-15(20)13(16)9-11-7-4-3-5-8-11/h3-5,7-8,12-13H,2,6,9-10,16H2,1H3,(H,17,20)(H,18,19)/t12?,13-/m1/s1. The maximum absolute atomic E-state index is 12.0. The summed E-state index contributed by atoms with van der Waals surface area (Å²) in [5, 5.41) is 11.5. The maximum Gasteiger partial charge on any atom is 0.305 e. The van der Waals surface area contributed by atoms with Gasteiger partial charge < -0.3 is 16.2 Å². The van der Waals surface area contributed by atoms with Crippen LogP contribution in [0.3, 0.4) is 0 Å². The molecule has 1 amide bonds. The van der Waals surface area contributed by atoms with Crippen molar-refractivity contribution < 1.29 is 14.7 Å². The maximum atomic E-state index is 12.0. The molecule has 1 aromatic carbocycles. The molecular weight excluding hydrogens is 256 g/mol. The van der Waals surface area contributed by atoms with E-state index in [1.807, 2.05) is 37.3 Å². The Bertz CT molecular complexity index is 434. The summed E-state index contributed by atoms with van der Waals surface area (Å²) in [4.78, 5) is 22.7. The highest BCUT2D eigenvalue weighted by Gasteiger charge is 2.19. The van der Waals surface area contributed by atoms with Crippen LogP contribution in [0.4, 0.5) is 0 Å². The van der Waals surface area contributed by atoms with E-state index in [0.29, 0.717) is 12.8 Å². The Morgan fingerprint density at radius 2 is 1.95 bits per heavy atom. The van der Waals surface area contributed by atoms with Gasteiger partial charge >= 0.3 is 5.97 Å². The van der Waals surface area contributed by atoms with Crippen molar-refractivity contribution in [1.29, 1.82) is 0 Å². The van der Waals surface area contributed by atoms with Gasteiger partial charge in [-0.25, -0.2) is 0 Å². The van der Waals surface area contributed by atoms with E-state index >= 15 is 0 Å². The molecule has 0 radical (unpaired) electrons. The van der Waals surface area contributed by atoms with Gasteiger partial charge in [0.05, 0.1) is 12.5 Å². The van der Waals surface area contributed by atoms with Crippen LogP contribution >= 0.6 is 0 Å². The van der Waals surface area contributed by atoms with Crippen LogP contribution in [0.15, 0.2) is 30.3 Å². The third-order valence-electron chi connectivity index (χ3n) is 3.04. The van der Waals surface area contributed by atoms with E-state index in [-0.39, 0.29) is 18.4 Å². The van der Waals surface area contributed by atoms with E-state index in [2.05, 4.69) is 5.32 Å². The molecule has 0 saturated heterocycles. The minimum Gasteiger partial charge on any atom is -0.481 e. The zero-order chi connectivity index (χ0) is 15.0. The first kappa shape index (κ1) is 16.2. The van der Waals surface area contributed by atoms with Crippen LogP contribution in [0.5, 0.6) is 0 Å². The van der Waals surface area contributed by atoms with Crippen molar-refractivity contribution in [3.8, 4) is 0 Å². The molecule has 0 fully saturated rings. The molecule has 0 aliphatic heterocycles. The van der Waals surface area contributed by atoms with Gasteiger partial charge in [-0.1, -0.05) is 43.7 Å². The summed E-state index contributed by atoms with van der Waals surface area (Å²) < 4.78 is 0. The molecule has 0 bridgehead atoms. The molecule has 0 spiro atoms. The van der Waals surface area contributed by atoms with E-state index in [1.165, 1.54) is 0 Å². The van der Waals surface area contributed by atoms with Gasteiger partial charge in [-0.3, -0.25) is 9.59 Å². The van der Waals surface area contributed by atoms with Crippen molar-refractivity contribution in [3.05, 3.63) is 35.9 Å². The fourth-order valence-electron chi connectivity index (χ4n) is 2.05. The van der Waals surface area contributed by atoms with E-state index < -0.39 is 12.0 Å². The van der Waals surface area contributed by atoms with Gasteiger partial charge in [0.2, 0.25) is 5.91 Å². The minimum atomic E-state index is -0.916. The lowest BCUT2D eigenvalue weighted by molar-refractivity contribution is -0.137. The molecule has 0 saturated carbocycles. The number of benzene rings is 1. The molecule has 5 heteroatoms. The summed E-state index contributed by atoms with van der Waals surface area (Å²) in [5.41, 5.74) is 6.85. The first-order valence-electron chi connectivity index (χ1n) is 6.84. The number of aliphatic carboxylic acids is 1. The molecule has 1 unspecified atom stereocenters. The summed E-state index contributed by atoms with van der Waals surface area (Å²) in [5.74, 6) is -1.21. The molecule has 0 heterocycles. The number of amides is 1. The lowest BCUT2D eigenvalue weighted by Crippen LogP contribution is -2.47. The number of hydrogen-bond donors (Lipinski definition) is 3. The lowest BCUT2D eigenvalue weighted by atomic mass is 10.0.